The van der Waals surface area contributed by atoms with Crippen molar-refractivity contribution in [3.8, 4) is 0 Å². The molecule has 0 radical (unpaired) electrons. The first-order valence-electron chi connectivity index (χ1n) is 5.66. The summed E-state index contributed by atoms with van der Waals surface area (Å²) in [6.07, 6.45) is -0.520. The van der Waals surface area contributed by atoms with Gasteiger partial charge in [-0.05, 0) is 30.7 Å². The summed E-state index contributed by atoms with van der Waals surface area (Å²) in [5, 5.41) is 22.1. The van der Waals surface area contributed by atoms with Crippen LogP contribution in [0, 0.1) is 0 Å². The fourth-order valence-electron chi connectivity index (χ4n) is 1.38. The van der Waals surface area contributed by atoms with Gasteiger partial charge in [0.15, 0.2) is 0 Å². The van der Waals surface area contributed by atoms with Gasteiger partial charge in [-0.2, -0.15) is 0 Å². The zero-order chi connectivity index (χ0) is 15.1. The number of benzene rings is 1. The van der Waals surface area contributed by atoms with E-state index in [9.17, 15) is 14.4 Å². The number of urea groups is 1. The molecule has 1 rings (SSSR count). The molecule has 4 N–H and O–H groups in total. The molecule has 8 heteroatoms. The maximum atomic E-state index is 11.6. The molecule has 2 amide bonds. The van der Waals surface area contributed by atoms with Gasteiger partial charge in [0.25, 0.3) is 0 Å². The van der Waals surface area contributed by atoms with Crippen LogP contribution in [0.25, 0.3) is 0 Å². The summed E-state index contributed by atoms with van der Waals surface area (Å²) in [7, 11) is 0. The first-order chi connectivity index (χ1) is 9.38. The van der Waals surface area contributed by atoms with E-state index in [2.05, 4.69) is 26.6 Å². The summed E-state index contributed by atoms with van der Waals surface area (Å²) in [5.41, 5.74) is 0.494. The van der Waals surface area contributed by atoms with Crippen LogP contribution in [0.1, 0.15) is 12.8 Å². The fraction of sp³-hybridized carbons (Fsp3) is 0.250. The van der Waals surface area contributed by atoms with E-state index in [1.54, 1.807) is 24.3 Å². The molecular weight excluding hydrogens is 332 g/mol. The average Bonchev–Trinajstić information content (AvgIpc) is 2.36. The van der Waals surface area contributed by atoms with Gasteiger partial charge in [0.2, 0.25) is 0 Å². The summed E-state index contributed by atoms with van der Waals surface area (Å²) in [6, 6.07) is 4.75. The molecule has 0 spiro atoms. The van der Waals surface area contributed by atoms with Crippen molar-refractivity contribution in [3.05, 3.63) is 28.7 Å². The van der Waals surface area contributed by atoms with Gasteiger partial charge in [0.1, 0.15) is 6.04 Å². The number of rotatable bonds is 6. The lowest BCUT2D eigenvalue weighted by atomic mass is 10.1. The summed E-state index contributed by atoms with van der Waals surface area (Å²) in [6.45, 7) is 0. The standard InChI is InChI=1S/C12H13BrN2O5/c13-7-1-3-8(4-2-7)14-12(20)15-9(11(18)19)5-6-10(16)17/h1-4,9H,5-6H2,(H,16,17)(H,18,19)(H2,14,15,20)/t9-/m0/s1. The number of hydrogen-bond acceptors (Lipinski definition) is 3. The largest absolute Gasteiger partial charge is 0.481 e. The highest BCUT2D eigenvalue weighted by Crippen LogP contribution is 2.14. The number of carbonyl (C=O) groups is 3. The Labute approximate surface area is 123 Å². The Morgan fingerprint density at radius 2 is 1.75 bits per heavy atom. The molecular formula is C12H13BrN2O5. The number of amides is 2. The number of nitrogens with one attached hydrogen (secondary N) is 2. The monoisotopic (exact) mass is 344 g/mol. The van der Waals surface area contributed by atoms with Crippen molar-refractivity contribution in [2.45, 2.75) is 18.9 Å². The lowest BCUT2D eigenvalue weighted by molar-refractivity contribution is -0.140. The third-order valence-electron chi connectivity index (χ3n) is 2.35. The van der Waals surface area contributed by atoms with Crippen LogP contribution in [0.2, 0.25) is 0 Å². The minimum atomic E-state index is -1.28. The summed E-state index contributed by atoms with van der Waals surface area (Å²) < 4.78 is 0.841. The Balaban J connectivity index is 2.55. The first kappa shape index (κ1) is 16.0. The van der Waals surface area contributed by atoms with Crippen LogP contribution in [0.4, 0.5) is 10.5 Å². The molecule has 0 saturated carbocycles. The lowest BCUT2D eigenvalue weighted by Gasteiger charge is -2.14. The molecule has 0 saturated heterocycles. The average molecular weight is 345 g/mol. The van der Waals surface area contributed by atoms with E-state index in [0.717, 1.165) is 4.47 Å². The van der Waals surface area contributed by atoms with Crippen molar-refractivity contribution in [3.63, 3.8) is 0 Å². The Kier molecular flexibility index (Phi) is 5.98. The normalized spacial score (nSPS) is 11.4. The highest BCUT2D eigenvalue weighted by Gasteiger charge is 2.20. The van der Waals surface area contributed by atoms with Crippen LogP contribution >= 0.6 is 15.9 Å². The number of carbonyl (C=O) groups excluding carboxylic acids is 1. The highest BCUT2D eigenvalue weighted by atomic mass is 79.9. The highest BCUT2D eigenvalue weighted by molar-refractivity contribution is 9.10. The zero-order valence-corrected chi connectivity index (χ0v) is 11.9. The van der Waals surface area contributed by atoms with Crippen LogP contribution in [0.5, 0.6) is 0 Å². The fourth-order valence-corrected chi connectivity index (χ4v) is 1.65. The van der Waals surface area contributed by atoms with Crippen LogP contribution in [-0.4, -0.2) is 34.2 Å². The molecule has 0 aliphatic rings. The van der Waals surface area contributed by atoms with E-state index in [4.69, 9.17) is 10.2 Å². The number of carboxylic acid groups (broad SMARTS) is 2. The topological polar surface area (TPSA) is 116 Å². The van der Waals surface area contributed by atoms with E-state index < -0.39 is 24.0 Å². The maximum Gasteiger partial charge on any atom is 0.326 e. The van der Waals surface area contributed by atoms with Gasteiger partial charge in [-0.1, -0.05) is 15.9 Å². The quantitative estimate of drug-likeness (QED) is 0.628. The minimum Gasteiger partial charge on any atom is -0.481 e. The molecule has 1 aromatic carbocycles. The molecule has 0 aliphatic heterocycles. The SMILES string of the molecule is O=C(O)CC[C@H](NC(=O)Nc1ccc(Br)cc1)C(=O)O. The Hall–Kier alpha value is -2.09. The number of halogens is 1. The van der Waals surface area contributed by atoms with Crippen LogP contribution in [0.3, 0.4) is 0 Å². The van der Waals surface area contributed by atoms with Crippen molar-refractivity contribution in [1.29, 1.82) is 0 Å². The van der Waals surface area contributed by atoms with Crippen molar-refractivity contribution < 1.29 is 24.6 Å². The molecule has 1 aromatic rings. The van der Waals surface area contributed by atoms with Gasteiger partial charge in [-0.15, -0.1) is 0 Å². The number of hydrogen-bond donors (Lipinski definition) is 4. The van der Waals surface area contributed by atoms with Crippen molar-refractivity contribution >= 4 is 39.6 Å². The molecule has 0 aliphatic carbocycles. The summed E-state index contributed by atoms with van der Waals surface area (Å²) in [5.74, 6) is -2.40. The van der Waals surface area contributed by atoms with Crippen molar-refractivity contribution in [2.75, 3.05) is 5.32 Å². The van der Waals surface area contributed by atoms with Crippen LogP contribution in [-0.2, 0) is 9.59 Å². The third kappa shape index (κ3) is 5.70. The molecule has 108 valence electrons. The van der Waals surface area contributed by atoms with E-state index in [0.29, 0.717) is 5.69 Å². The smallest absolute Gasteiger partial charge is 0.326 e. The molecule has 0 unspecified atom stereocenters. The molecule has 1 atom stereocenters. The van der Waals surface area contributed by atoms with Gasteiger partial charge in [0.05, 0.1) is 0 Å². The predicted molar refractivity (Wildman–Crippen MR) is 74.6 cm³/mol. The Morgan fingerprint density at radius 3 is 2.25 bits per heavy atom. The second-order valence-corrected chi connectivity index (χ2v) is 4.84. The van der Waals surface area contributed by atoms with Crippen molar-refractivity contribution in [2.24, 2.45) is 0 Å². The maximum absolute atomic E-state index is 11.6. The summed E-state index contributed by atoms with van der Waals surface area (Å²) in [4.78, 5) is 32.9. The molecule has 0 bridgehead atoms. The van der Waals surface area contributed by atoms with E-state index in [1.807, 2.05) is 0 Å². The lowest BCUT2D eigenvalue weighted by Crippen LogP contribution is -2.43. The molecule has 7 nitrogen and oxygen atoms in total. The number of anilines is 1. The predicted octanol–water partition coefficient (Wildman–Crippen LogP) is 1.89. The Morgan fingerprint density at radius 1 is 1.15 bits per heavy atom. The molecule has 0 fully saturated rings. The van der Waals surface area contributed by atoms with E-state index >= 15 is 0 Å². The first-order valence-corrected chi connectivity index (χ1v) is 6.45. The van der Waals surface area contributed by atoms with Crippen LogP contribution in [0.15, 0.2) is 28.7 Å². The van der Waals surface area contributed by atoms with Gasteiger partial charge in [0, 0.05) is 16.6 Å². The van der Waals surface area contributed by atoms with Crippen molar-refractivity contribution in [1.82, 2.24) is 5.32 Å². The van der Waals surface area contributed by atoms with Crippen LogP contribution < -0.4 is 10.6 Å². The zero-order valence-electron chi connectivity index (χ0n) is 10.3. The van der Waals surface area contributed by atoms with E-state index in [1.165, 1.54) is 0 Å². The number of aliphatic carboxylic acids is 2. The minimum absolute atomic E-state index is 0.182. The van der Waals surface area contributed by atoms with Gasteiger partial charge in [-0.3, -0.25) is 4.79 Å². The summed E-state index contributed by atoms with van der Waals surface area (Å²) >= 11 is 3.24. The Bertz CT molecular complexity index is 503. The number of carboxylic acids is 2. The molecule has 0 aromatic heterocycles. The van der Waals surface area contributed by atoms with Gasteiger partial charge in [-0.25, -0.2) is 9.59 Å². The van der Waals surface area contributed by atoms with Gasteiger partial charge >= 0.3 is 18.0 Å². The third-order valence-corrected chi connectivity index (χ3v) is 2.88. The second kappa shape index (κ2) is 7.49. The molecule has 20 heavy (non-hydrogen) atoms. The van der Waals surface area contributed by atoms with E-state index in [-0.39, 0.29) is 12.8 Å². The molecule has 0 heterocycles. The second-order valence-electron chi connectivity index (χ2n) is 3.93. The van der Waals surface area contributed by atoms with Gasteiger partial charge < -0.3 is 20.8 Å².